The number of benzene rings is 2. The zero-order chi connectivity index (χ0) is 29.7. The molecule has 4 aliphatic rings. The number of fused-ring (bicyclic) bond motifs is 4. The van der Waals surface area contributed by atoms with E-state index in [0.29, 0.717) is 44.7 Å². The molecule has 3 atom stereocenters. The lowest BCUT2D eigenvalue weighted by atomic mass is 10.0. The van der Waals surface area contributed by atoms with Gasteiger partial charge in [0.25, 0.3) is 0 Å². The Bertz CT molecular complexity index is 1650. The number of nitrogens with zero attached hydrogens (tertiary/aromatic N) is 7. The first kappa shape index (κ1) is 27.7. The molecule has 3 saturated heterocycles. The number of anilines is 2. The van der Waals surface area contributed by atoms with E-state index in [2.05, 4.69) is 52.1 Å². The van der Waals surface area contributed by atoms with Gasteiger partial charge in [0.15, 0.2) is 0 Å². The summed E-state index contributed by atoms with van der Waals surface area (Å²) in [6.45, 7) is 3.86. The molecule has 0 saturated carbocycles. The van der Waals surface area contributed by atoms with Gasteiger partial charge >= 0.3 is 12.1 Å². The summed E-state index contributed by atoms with van der Waals surface area (Å²) in [7, 11) is 2.12. The standard InChI is InChI=1S/C32H34ClN7O3/c1-37-13-4-7-22(37)19-43-31-35-26-17-38(27-9-3-6-20-5-2-8-25(33)29(20)27)14-11-24(26)30(36-31)39-16-23-15-21(10-12-34)28(18-39)40(23)32(41)42/h2-3,5-6,8-10,22-23,28H,4,7,11,13-19H2,1H3,(H,41,42)/b21-10+/t22?,23-,28-/m1/s1. The number of piperazine rings is 1. The Morgan fingerprint density at radius 2 is 2.02 bits per heavy atom. The van der Waals surface area contributed by atoms with E-state index in [1.165, 1.54) is 11.0 Å². The summed E-state index contributed by atoms with van der Waals surface area (Å²) in [5.74, 6) is 0.814. The van der Waals surface area contributed by atoms with Crippen LogP contribution in [0.15, 0.2) is 48.0 Å². The van der Waals surface area contributed by atoms with Gasteiger partial charge in [0.05, 0.1) is 35.4 Å². The quantitative estimate of drug-likeness (QED) is 0.417. The topological polar surface area (TPSA) is 109 Å². The van der Waals surface area contributed by atoms with Gasteiger partial charge in [0, 0.05) is 48.4 Å². The number of nitriles is 1. The molecule has 222 valence electrons. The maximum atomic E-state index is 12.2. The fraction of sp³-hybridized carbons (Fsp3) is 0.438. The Hall–Kier alpha value is -4.07. The van der Waals surface area contributed by atoms with Crippen molar-refractivity contribution in [1.82, 2.24) is 19.8 Å². The predicted octanol–water partition coefficient (Wildman–Crippen LogP) is 4.71. The molecule has 5 heterocycles. The maximum Gasteiger partial charge on any atom is 0.408 e. The maximum absolute atomic E-state index is 12.2. The largest absolute Gasteiger partial charge is 0.465 e. The minimum Gasteiger partial charge on any atom is -0.465 e. The number of aromatic nitrogens is 2. The number of allylic oxidation sites excluding steroid dienone is 1. The van der Waals surface area contributed by atoms with Crippen LogP contribution in [0.4, 0.5) is 16.3 Å². The van der Waals surface area contributed by atoms with Crippen molar-refractivity contribution >= 4 is 40.0 Å². The Labute approximate surface area is 255 Å². The number of carbonyl (C=O) groups is 1. The normalized spacial score (nSPS) is 24.4. The lowest BCUT2D eigenvalue weighted by Gasteiger charge is -2.41. The predicted molar refractivity (Wildman–Crippen MR) is 165 cm³/mol. The van der Waals surface area contributed by atoms with Gasteiger partial charge in [-0.2, -0.15) is 15.2 Å². The van der Waals surface area contributed by atoms with Crippen LogP contribution in [0, 0.1) is 11.3 Å². The van der Waals surface area contributed by atoms with Crippen LogP contribution in [0.5, 0.6) is 6.01 Å². The van der Waals surface area contributed by atoms with Crippen molar-refractivity contribution < 1.29 is 14.6 Å². The van der Waals surface area contributed by atoms with Crippen LogP contribution >= 0.6 is 11.6 Å². The van der Waals surface area contributed by atoms with Crippen LogP contribution in [0.3, 0.4) is 0 Å². The van der Waals surface area contributed by atoms with Crippen LogP contribution in [-0.4, -0.2) is 88.9 Å². The molecule has 2 bridgehead atoms. The molecule has 1 N–H and O–H groups in total. The molecule has 10 nitrogen and oxygen atoms in total. The van der Waals surface area contributed by atoms with Crippen molar-refractivity contribution in [3.8, 4) is 12.1 Å². The molecule has 3 fully saturated rings. The number of likely N-dealkylation sites (N-methyl/N-ethyl adjacent to an activating group) is 1. The van der Waals surface area contributed by atoms with Crippen molar-refractivity contribution in [1.29, 1.82) is 5.26 Å². The molecule has 1 unspecified atom stereocenters. The first-order valence-electron chi connectivity index (χ1n) is 14.9. The Balaban J connectivity index is 1.25. The number of halogens is 1. The summed E-state index contributed by atoms with van der Waals surface area (Å²) in [5, 5.41) is 22.2. The molecular formula is C32H34ClN7O3. The summed E-state index contributed by atoms with van der Waals surface area (Å²) in [6, 6.07) is 14.4. The molecular weight excluding hydrogens is 566 g/mol. The van der Waals surface area contributed by atoms with E-state index in [4.69, 9.17) is 26.3 Å². The highest BCUT2D eigenvalue weighted by atomic mass is 35.5. The Morgan fingerprint density at radius 3 is 2.79 bits per heavy atom. The Morgan fingerprint density at radius 1 is 1.19 bits per heavy atom. The van der Waals surface area contributed by atoms with Crippen molar-refractivity contribution in [3.63, 3.8) is 0 Å². The van der Waals surface area contributed by atoms with E-state index in [-0.39, 0.29) is 12.1 Å². The fourth-order valence-electron chi connectivity index (χ4n) is 7.36. The van der Waals surface area contributed by atoms with Crippen molar-refractivity contribution in [3.05, 3.63) is 64.3 Å². The van der Waals surface area contributed by atoms with E-state index < -0.39 is 6.09 Å². The van der Waals surface area contributed by atoms with Crippen LogP contribution in [0.1, 0.15) is 30.5 Å². The smallest absolute Gasteiger partial charge is 0.408 e. The summed E-state index contributed by atoms with van der Waals surface area (Å²) < 4.78 is 6.29. The number of ether oxygens (including phenoxy) is 1. The number of rotatable bonds is 5. The lowest BCUT2D eigenvalue weighted by molar-refractivity contribution is 0.117. The molecule has 3 aromatic rings. The first-order chi connectivity index (χ1) is 20.9. The van der Waals surface area contributed by atoms with E-state index in [0.717, 1.165) is 76.5 Å². The highest BCUT2D eigenvalue weighted by Crippen LogP contribution is 2.40. The molecule has 1 amide bonds. The average molecular weight is 600 g/mol. The van der Waals surface area contributed by atoms with Crippen LogP contribution < -0.4 is 14.5 Å². The molecule has 7 rings (SSSR count). The zero-order valence-corrected chi connectivity index (χ0v) is 24.9. The van der Waals surface area contributed by atoms with Crippen LogP contribution in [0.25, 0.3) is 10.8 Å². The van der Waals surface area contributed by atoms with Gasteiger partial charge in [0.1, 0.15) is 12.4 Å². The molecule has 43 heavy (non-hydrogen) atoms. The van der Waals surface area contributed by atoms with Crippen LogP contribution in [-0.2, 0) is 13.0 Å². The van der Waals surface area contributed by atoms with E-state index >= 15 is 0 Å². The number of hydrogen-bond acceptors (Lipinski definition) is 8. The highest BCUT2D eigenvalue weighted by Gasteiger charge is 2.46. The minimum absolute atomic E-state index is 0.240. The minimum atomic E-state index is -0.949. The molecule has 0 aliphatic carbocycles. The fourth-order valence-corrected chi connectivity index (χ4v) is 7.63. The monoisotopic (exact) mass is 599 g/mol. The SMILES string of the molecule is CN1CCCC1COc1nc2c(c(N3C[C@H]4C/C(=C\C#N)[C@@H](C3)N4C(=O)O)n1)CCN(c1cccc3cccc(Cl)c13)C2. The second kappa shape index (κ2) is 11.2. The molecule has 0 spiro atoms. The van der Waals surface area contributed by atoms with Crippen molar-refractivity contribution in [2.45, 2.75) is 50.4 Å². The van der Waals surface area contributed by atoms with Gasteiger partial charge in [-0.05, 0) is 62.4 Å². The average Bonchev–Trinajstić information content (AvgIpc) is 3.52. The second-order valence-corrected chi connectivity index (χ2v) is 12.4. The van der Waals surface area contributed by atoms with Gasteiger partial charge in [-0.15, -0.1) is 0 Å². The lowest BCUT2D eigenvalue weighted by Crippen LogP contribution is -2.56. The van der Waals surface area contributed by atoms with E-state index in [1.807, 2.05) is 12.1 Å². The third-order valence-corrected chi connectivity index (χ3v) is 9.81. The van der Waals surface area contributed by atoms with Gasteiger partial charge in [-0.1, -0.05) is 35.9 Å². The highest BCUT2D eigenvalue weighted by molar-refractivity contribution is 6.36. The third-order valence-electron chi connectivity index (χ3n) is 9.49. The summed E-state index contributed by atoms with van der Waals surface area (Å²) in [5.41, 5.74) is 3.92. The van der Waals surface area contributed by atoms with Gasteiger partial charge < -0.3 is 24.5 Å². The van der Waals surface area contributed by atoms with Crippen molar-refractivity contribution in [2.75, 3.05) is 49.6 Å². The molecule has 2 aromatic carbocycles. The number of likely N-dealkylation sites (tertiary alicyclic amines) is 1. The molecule has 11 heteroatoms. The van der Waals surface area contributed by atoms with E-state index in [1.54, 1.807) is 0 Å². The second-order valence-electron chi connectivity index (χ2n) is 11.9. The number of carboxylic acid groups (broad SMARTS) is 1. The zero-order valence-electron chi connectivity index (χ0n) is 24.1. The summed E-state index contributed by atoms with van der Waals surface area (Å²) >= 11 is 6.70. The van der Waals surface area contributed by atoms with Gasteiger partial charge in [0.2, 0.25) is 0 Å². The molecule has 0 radical (unpaired) electrons. The van der Waals surface area contributed by atoms with Crippen molar-refractivity contribution in [2.24, 2.45) is 0 Å². The van der Waals surface area contributed by atoms with Gasteiger partial charge in [-0.3, -0.25) is 4.90 Å². The third kappa shape index (κ3) is 5.00. The summed E-state index contributed by atoms with van der Waals surface area (Å²) in [4.78, 5) is 30.4. The Kier molecular flexibility index (Phi) is 7.23. The van der Waals surface area contributed by atoms with Crippen LogP contribution in [0.2, 0.25) is 5.02 Å². The molecule has 4 aliphatic heterocycles. The number of amides is 1. The van der Waals surface area contributed by atoms with E-state index in [9.17, 15) is 15.2 Å². The first-order valence-corrected chi connectivity index (χ1v) is 15.3. The number of hydrogen-bond donors (Lipinski definition) is 1. The summed E-state index contributed by atoms with van der Waals surface area (Å²) in [6.07, 6.45) is 4.08. The van der Waals surface area contributed by atoms with Gasteiger partial charge in [-0.25, -0.2) is 4.79 Å². The molecule has 1 aromatic heterocycles.